The van der Waals surface area contributed by atoms with Crippen molar-refractivity contribution in [1.29, 1.82) is 0 Å². The Morgan fingerprint density at radius 3 is 2.55 bits per heavy atom. The Morgan fingerprint density at radius 1 is 1.18 bits per heavy atom. The highest BCUT2D eigenvalue weighted by Gasteiger charge is 2.10. The molecule has 0 aromatic heterocycles. The first-order valence-corrected chi connectivity index (χ1v) is 3.84. The maximum absolute atomic E-state index is 9.34. The molecule has 1 fully saturated rings. The van der Waals surface area contributed by atoms with E-state index < -0.39 is 0 Å². The van der Waals surface area contributed by atoms with Gasteiger partial charge < -0.3 is 5.11 Å². The lowest BCUT2D eigenvalue weighted by molar-refractivity contribution is 0.474. The predicted octanol–water partition coefficient (Wildman–Crippen LogP) is 2.57. The van der Waals surface area contributed by atoms with Gasteiger partial charge in [-0.15, -0.1) is 0 Å². The van der Waals surface area contributed by atoms with Crippen LogP contribution in [-0.2, 0) is 0 Å². The number of rotatable bonds is 1. The molecular formula is C10H10O. The van der Waals surface area contributed by atoms with Gasteiger partial charge in [0.1, 0.15) is 5.75 Å². The number of allylic oxidation sites excluding steroid dienone is 1. The maximum atomic E-state index is 9.34. The van der Waals surface area contributed by atoms with Gasteiger partial charge in [-0.25, -0.2) is 0 Å². The molecule has 1 nitrogen and oxygen atoms in total. The molecule has 11 heavy (non-hydrogen) atoms. The zero-order chi connectivity index (χ0) is 7.68. The summed E-state index contributed by atoms with van der Waals surface area (Å²) in [6.07, 6.45) is 4.47. The lowest BCUT2D eigenvalue weighted by Crippen LogP contribution is -1.71. The summed E-state index contributed by atoms with van der Waals surface area (Å²) in [4.78, 5) is 0. The third-order valence-electron chi connectivity index (χ3n) is 1.84. The van der Waals surface area contributed by atoms with Gasteiger partial charge in [-0.3, -0.25) is 0 Å². The van der Waals surface area contributed by atoms with Crippen molar-refractivity contribution in [3.8, 4) is 5.75 Å². The number of aromatic hydroxyl groups is 1. The van der Waals surface area contributed by atoms with Crippen molar-refractivity contribution in [2.75, 3.05) is 0 Å². The summed E-state index contributed by atoms with van der Waals surface area (Å²) in [7, 11) is 0. The molecule has 1 aliphatic rings. The molecule has 1 aromatic carbocycles. The van der Waals surface area contributed by atoms with Gasteiger partial charge in [0.05, 0.1) is 0 Å². The van der Waals surface area contributed by atoms with E-state index in [-0.39, 0.29) is 0 Å². The van der Waals surface area contributed by atoms with Crippen LogP contribution >= 0.6 is 0 Å². The molecular weight excluding hydrogens is 136 g/mol. The monoisotopic (exact) mass is 146 g/mol. The van der Waals surface area contributed by atoms with Crippen molar-refractivity contribution in [2.45, 2.75) is 12.8 Å². The van der Waals surface area contributed by atoms with E-state index in [1.807, 2.05) is 18.2 Å². The van der Waals surface area contributed by atoms with Crippen LogP contribution in [0.1, 0.15) is 18.4 Å². The third kappa shape index (κ3) is 1.43. The Balaban J connectivity index is 2.36. The van der Waals surface area contributed by atoms with Crippen molar-refractivity contribution in [3.63, 3.8) is 0 Å². The Bertz CT molecular complexity index is 293. The van der Waals surface area contributed by atoms with Crippen LogP contribution in [0.3, 0.4) is 0 Å². The van der Waals surface area contributed by atoms with Gasteiger partial charge in [-0.1, -0.05) is 29.8 Å². The quantitative estimate of drug-likeness (QED) is 0.645. The van der Waals surface area contributed by atoms with Crippen LogP contribution in [-0.4, -0.2) is 5.11 Å². The van der Waals surface area contributed by atoms with Crippen LogP contribution in [0, 0.1) is 0 Å². The van der Waals surface area contributed by atoms with Gasteiger partial charge in [0.15, 0.2) is 0 Å². The van der Waals surface area contributed by atoms with E-state index in [1.165, 1.54) is 18.4 Å². The largest absolute Gasteiger partial charge is 0.507 e. The van der Waals surface area contributed by atoms with Gasteiger partial charge in [-0.2, -0.15) is 0 Å². The predicted molar refractivity (Wildman–Crippen MR) is 45.3 cm³/mol. The number of para-hydroxylation sites is 1. The molecule has 0 aliphatic heterocycles. The summed E-state index contributed by atoms with van der Waals surface area (Å²) in [5.74, 6) is 0.381. The van der Waals surface area contributed by atoms with E-state index >= 15 is 0 Å². The Kier molecular flexibility index (Phi) is 1.42. The molecule has 0 atom stereocenters. The minimum Gasteiger partial charge on any atom is -0.507 e. The minimum atomic E-state index is 0.381. The van der Waals surface area contributed by atoms with Gasteiger partial charge in [-0.05, 0) is 18.9 Å². The first kappa shape index (κ1) is 6.47. The van der Waals surface area contributed by atoms with E-state index in [9.17, 15) is 5.11 Å². The molecule has 0 bridgehead atoms. The van der Waals surface area contributed by atoms with Crippen molar-refractivity contribution >= 4 is 6.08 Å². The summed E-state index contributed by atoms with van der Waals surface area (Å²) >= 11 is 0. The molecule has 1 heteroatoms. The highest BCUT2D eigenvalue weighted by molar-refractivity contribution is 5.61. The lowest BCUT2D eigenvalue weighted by Gasteiger charge is -1.95. The second-order valence-electron chi connectivity index (χ2n) is 2.86. The van der Waals surface area contributed by atoms with Crippen LogP contribution in [0.4, 0.5) is 0 Å². The molecule has 1 aromatic rings. The standard InChI is InChI=1S/C10H10O/c11-10-4-2-1-3-9(10)7-8-5-6-8/h1-4,7,11H,5-6H2. The fourth-order valence-electron chi connectivity index (χ4n) is 1.05. The summed E-state index contributed by atoms with van der Waals surface area (Å²) in [5.41, 5.74) is 2.38. The summed E-state index contributed by atoms with van der Waals surface area (Å²) in [6.45, 7) is 0. The van der Waals surface area contributed by atoms with E-state index in [0.29, 0.717) is 5.75 Å². The van der Waals surface area contributed by atoms with Crippen molar-refractivity contribution in [1.82, 2.24) is 0 Å². The molecule has 1 N–H and O–H groups in total. The first-order chi connectivity index (χ1) is 5.36. The molecule has 0 radical (unpaired) electrons. The molecule has 0 spiro atoms. The SMILES string of the molecule is Oc1ccccc1C=C1CC1. The Labute approximate surface area is 66.0 Å². The normalized spacial score (nSPS) is 14.7. The zero-order valence-electron chi connectivity index (χ0n) is 6.25. The topological polar surface area (TPSA) is 20.2 Å². The summed E-state index contributed by atoms with van der Waals surface area (Å²) in [6, 6.07) is 7.42. The maximum Gasteiger partial charge on any atom is 0.122 e. The lowest BCUT2D eigenvalue weighted by atomic mass is 10.2. The molecule has 1 aliphatic carbocycles. The number of phenolic OH excluding ortho intramolecular Hbond substituents is 1. The second-order valence-corrected chi connectivity index (χ2v) is 2.86. The molecule has 2 rings (SSSR count). The van der Waals surface area contributed by atoms with Gasteiger partial charge in [0, 0.05) is 5.56 Å². The van der Waals surface area contributed by atoms with Gasteiger partial charge in [0.25, 0.3) is 0 Å². The minimum absolute atomic E-state index is 0.381. The molecule has 0 unspecified atom stereocenters. The number of hydrogen-bond donors (Lipinski definition) is 1. The van der Waals surface area contributed by atoms with E-state index in [0.717, 1.165) is 5.56 Å². The fourth-order valence-corrected chi connectivity index (χ4v) is 1.05. The second kappa shape index (κ2) is 2.42. The zero-order valence-corrected chi connectivity index (χ0v) is 6.25. The Hall–Kier alpha value is -1.24. The van der Waals surface area contributed by atoms with Crippen LogP contribution in [0.2, 0.25) is 0 Å². The molecule has 56 valence electrons. The number of hydrogen-bond acceptors (Lipinski definition) is 1. The molecule has 1 saturated carbocycles. The van der Waals surface area contributed by atoms with E-state index in [4.69, 9.17) is 0 Å². The van der Waals surface area contributed by atoms with Crippen LogP contribution in [0.25, 0.3) is 6.08 Å². The highest BCUT2D eigenvalue weighted by atomic mass is 16.3. The average molecular weight is 146 g/mol. The van der Waals surface area contributed by atoms with E-state index in [1.54, 1.807) is 6.07 Å². The van der Waals surface area contributed by atoms with Crippen LogP contribution in [0.5, 0.6) is 5.75 Å². The van der Waals surface area contributed by atoms with E-state index in [2.05, 4.69) is 6.08 Å². The number of benzene rings is 1. The van der Waals surface area contributed by atoms with Crippen molar-refractivity contribution in [3.05, 3.63) is 35.4 Å². The van der Waals surface area contributed by atoms with Gasteiger partial charge in [0.2, 0.25) is 0 Å². The first-order valence-electron chi connectivity index (χ1n) is 3.84. The van der Waals surface area contributed by atoms with Gasteiger partial charge >= 0.3 is 0 Å². The summed E-state index contributed by atoms with van der Waals surface area (Å²) < 4.78 is 0. The Morgan fingerprint density at radius 2 is 1.91 bits per heavy atom. The number of phenols is 1. The van der Waals surface area contributed by atoms with Crippen LogP contribution in [0.15, 0.2) is 29.8 Å². The summed E-state index contributed by atoms with van der Waals surface area (Å²) in [5, 5.41) is 9.34. The van der Waals surface area contributed by atoms with Crippen LogP contribution < -0.4 is 0 Å². The average Bonchev–Trinajstić information content (AvgIpc) is 2.78. The fraction of sp³-hybridized carbons (Fsp3) is 0.200. The highest BCUT2D eigenvalue weighted by Crippen LogP contribution is 2.32. The van der Waals surface area contributed by atoms with Crippen molar-refractivity contribution in [2.24, 2.45) is 0 Å². The molecule has 0 saturated heterocycles. The third-order valence-corrected chi connectivity index (χ3v) is 1.84. The van der Waals surface area contributed by atoms with Crippen molar-refractivity contribution < 1.29 is 5.11 Å². The smallest absolute Gasteiger partial charge is 0.122 e. The molecule has 0 amide bonds. The molecule has 0 heterocycles.